The molecule has 1 amide bonds. The first-order chi connectivity index (χ1) is 12.9. The maximum absolute atomic E-state index is 12.3. The Morgan fingerprint density at radius 1 is 1.30 bits per heavy atom. The van der Waals surface area contributed by atoms with Crippen LogP contribution in [0.5, 0.6) is 5.75 Å². The summed E-state index contributed by atoms with van der Waals surface area (Å²) in [7, 11) is 1.36. The summed E-state index contributed by atoms with van der Waals surface area (Å²) in [6, 6.07) is 9.48. The number of methoxy groups -OCH3 is 1. The Kier molecular flexibility index (Phi) is 7.95. The predicted molar refractivity (Wildman–Crippen MR) is 103 cm³/mol. The van der Waals surface area contributed by atoms with E-state index in [-0.39, 0.29) is 23.4 Å². The fourth-order valence-electron chi connectivity index (χ4n) is 3.68. The Labute approximate surface area is 161 Å². The minimum atomic E-state index is -0.412. The zero-order chi connectivity index (χ0) is 19.7. The average molecular weight is 377 g/mol. The molecule has 6 nitrogen and oxygen atoms in total. The number of hydrogen-bond donors (Lipinski definition) is 1. The zero-order valence-corrected chi connectivity index (χ0v) is 16.5. The highest BCUT2D eigenvalue weighted by atomic mass is 16.6. The van der Waals surface area contributed by atoms with Crippen molar-refractivity contribution in [3.8, 4) is 5.75 Å². The highest BCUT2D eigenvalue weighted by molar-refractivity contribution is 5.70. The van der Waals surface area contributed by atoms with Gasteiger partial charge >= 0.3 is 12.1 Å². The number of hydrogen-bond acceptors (Lipinski definition) is 5. The third-order valence-corrected chi connectivity index (χ3v) is 5.03. The van der Waals surface area contributed by atoms with E-state index < -0.39 is 6.09 Å². The molecule has 0 spiro atoms. The van der Waals surface area contributed by atoms with Gasteiger partial charge in [0.2, 0.25) is 0 Å². The minimum absolute atomic E-state index is 0.0145. The zero-order valence-electron chi connectivity index (χ0n) is 16.5. The second-order valence-electron chi connectivity index (χ2n) is 7.75. The fourth-order valence-corrected chi connectivity index (χ4v) is 3.68. The highest BCUT2D eigenvalue weighted by Crippen LogP contribution is 2.40. The molecule has 2 rings (SSSR count). The maximum atomic E-state index is 12.3. The molecule has 150 valence electrons. The molecule has 1 aliphatic carbocycles. The van der Waals surface area contributed by atoms with E-state index >= 15 is 0 Å². The largest absolute Gasteiger partial charge is 0.490 e. The number of para-hydroxylation sites is 1. The van der Waals surface area contributed by atoms with E-state index in [2.05, 4.69) is 17.0 Å². The van der Waals surface area contributed by atoms with Crippen molar-refractivity contribution in [3.05, 3.63) is 30.3 Å². The van der Waals surface area contributed by atoms with Gasteiger partial charge in [-0.2, -0.15) is 0 Å². The quantitative estimate of drug-likeness (QED) is 0.695. The Morgan fingerprint density at radius 2 is 2.04 bits per heavy atom. The molecule has 3 unspecified atom stereocenters. The van der Waals surface area contributed by atoms with Crippen molar-refractivity contribution >= 4 is 12.1 Å². The molecule has 1 aromatic carbocycles. The van der Waals surface area contributed by atoms with Crippen LogP contribution in [0.25, 0.3) is 0 Å². The van der Waals surface area contributed by atoms with Gasteiger partial charge in [-0.15, -0.1) is 0 Å². The molecular weight excluding hydrogens is 346 g/mol. The monoisotopic (exact) mass is 377 g/mol. The van der Waals surface area contributed by atoms with Gasteiger partial charge in [0, 0.05) is 13.0 Å². The van der Waals surface area contributed by atoms with Crippen molar-refractivity contribution in [1.29, 1.82) is 0 Å². The number of amides is 1. The summed E-state index contributed by atoms with van der Waals surface area (Å²) in [5.41, 5.74) is -0.0145. The molecule has 0 aromatic heterocycles. The Bertz CT molecular complexity index is 606. The third kappa shape index (κ3) is 7.49. The van der Waals surface area contributed by atoms with E-state index in [0.29, 0.717) is 19.6 Å². The summed E-state index contributed by atoms with van der Waals surface area (Å²) in [4.78, 5) is 23.6. The molecule has 1 fully saturated rings. The second-order valence-corrected chi connectivity index (χ2v) is 7.75. The first kappa shape index (κ1) is 21.1. The molecule has 3 atom stereocenters. The molecule has 0 aliphatic heterocycles. The van der Waals surface area contributed by atoms with Crippen LogP contribution in [0.4, 0.5) is 4.79 Å². The third-order valence-electron chi connectivity index (χ3n) is 5.03. The van der Waals surface area contributed by atoms with Crippen LogP contribution in [0.1, 0.15) is 46.0 Å². The highest BCUT2D eigenvalue weighted by Gasteiger charge is 2.34. The summed E-state index contributed by atoms with van der Waals surface area (Å²) < 4.78 is 15.8. The van der Waals surface area contributed by atoms with Gasteiger partial charge in [-0.05, 0) is 49.7 Å². The Hall–Kier alpha value is -2.24. The summed E-state index contributed by atoms with van der Waals surface area (Å²) in [6.07, 6.45) is 3.68. The van der Waals surface area contributed by atoms with E-state index in [0.717, 1.165) is 31.4 Å². The first-order valence-corrected chi connectivity index (χ1v) is 9.59. The van der Waals surface area contributed by atoms with Gasteiger partial charge in [0.1, 0.15) is 18.5 Å². The van der Waals surface area contributed by atoms with Crippen LogP contribution >= 0.6 is 0 Å². The van der Waals surface area contributed by atoms with E-state index in [9.17, 15) is 9.59 Å². The summed E-state index contributed by atoms with van der Waals surface area (Å²) in [5.74, 6) is 0.855. The summed E-state index contributed by atoms with van der Waals surface area (Å²) in [6.45, 7) is 4.89. The maximum Gasteiger partial charge on any atom is 0.406 e. The number of alkyl carbamates (subject to hydrolysis) is 1. The van der Waals surface area contributed by atoms with Crippen molar-refractivity contribution in [2.75, 3.05) is 20.3 Å². The number of carbonyl (C=O) groups excluding carboxylic acids is 2. The van der Waals surface area contributed by atoms with Crippen LogP contribution < -0.4 is 10.1 Å². The van der Waals surface area contributed by atoms with Crippen LogP contribution in [0.15, 0.2) is 30.3 Å². The van der Waals surface area contributed by atoms with E-state index in [1.807, 2.05) is 37.3 Å². The summed E-state index contributed by atoms with van der Waals surface area (Å²) >= 11 is 0. The average Bonchev–Trinajstić information content (AvgIpc) is 2.65. The van der Waals surface area contributed by atoms with Crippen LogP contribution in [0.3, 0.4) is 0 Å². The molecule has 0 heterocycles. The minimum Gasteiger partial charge on any atom is -0.490 e. The molecule has 1 aliphatic rings. The van der Waals surface area contributed by atoms with Gasteiger partial charge in [0.15, 0.2) is 0 Å². The number of nitrogens with one attached hydrogen (secondary N) is 1. The van der Waals surface area contributed by atoms with E-state index in [1.165, 1.54) is 7.11 Å². The topological polar surface area (TPSA) is 73.9 Å². The smallest absolute Gasteiger partial charge is 0.406 e. The molecule has 0 saturated heterocycles. The lowest BCUT2D eigenvalue weighted by atomic mass is 9.70. The van der Waals surface area contributed by atoms with Gasteiger partial charge in [0.05, 0.1) is 7.11 Å². The SMILES string of the molecule is COC(=O)NCC1(C)CCCC(CC(=O)OC(C)COc2ccccc2)C1. The molecule has 1 saturated carbocycles. The van der Waals surface area contributed by atoms with Crippen LogP contribution in [0.2, 0.25) is 0 Å². The van der Waals surface area contributed by atoms with Crippen LogP contribution in [0, 0.1) is 11.3 Å². The standard InChI is InChI=1S/C21H31NO5/c1-16(14-26-18-9-5-4-6-10-18)27-19(23)12-17-8-7-11-21(2,13-17)15-22-20(24)25-3/h4-6,9-10,16-17H,7-8,11-15H2,1-3H3,(H,22,24). The van der Waals surface area contributed by atoms with Crippen molar-refractivity contribution in [1.82, 2.24) is 5.32 Å². The Morgan fingerprint density at radius 3 is 2.74 bits per heavy atom. The molecule has 6 heteroatoms. The van der Waals surface area contributed by atoms with Gasteiger partial charge in [0.25, 0.3) is 0 Å². The first-order valence-electron chi connectivity index (χ1n) is 9.59. The number of carbonyl (C=O) groups is 2. The number of esters is 1. The van der Waals surface area contributed by atoms with Crippen molar-refractivity contribution < 1.29 is 23.8 Å². The summed E-state index contributed by atoms with van der Waals surface area (Å²) in [5, 5.41) is 2.79. The lowest BCUT2D eigenvalue weighted by molar-refractivity contribution is -0.151. The van der Waals surface area contributed by atoms with Gasteiger partial charge < -0.3 is 19.5 Å². The number of ether oxygens (including phenoxy) is 3. The lowest BCUT2D eigenvalue weighted by Crippen LogP contribution is -2.39. The van der Waals surface area contributed by atoms with Crippen molar-refractivity contribution in [2.24, 2.45) is 11.3 Å². The second kappa shape index (κ2) is 10.2. The van der Waals surface area contributed by atoms with Gasteiger partial charge in [-0.25, -0.2) is 4.79 Å². The molecule has 1 aromatic rings. The lowest BCUT2D eigenvalue weighted by Gasteiger charge is -2.38. The molecule has 1 N–H and O–H groups in total. The Balaban J connectivity index is 1.73. The normalized spacial score (nSPS) is 23.1. The van der Waals surface area contributed by atoms with E-state index in [4.69, 9.17) is 9.47 Å². The van der Waals surface area contributed by atoms with Crippen molar-refractivity contribution in [3.63, 3.8) is 0 Å². The van der Waals surface area contributed by atoms with Crippen LogP contribution in [-0.2, 0) is 14.3 Å². The fraction of sp³-hybridized carbons (Fsp3) is 0.619. The molecule has 0 bridgehead atoms. The van der Waals surface area contributed by atoms with Gasteiger partial charge in [-0.3, -0.25) is 4.79 Å². The van der Waals surface area contributed by atoms with Gasteiger partial charge in [-0.1, -0.05) is 31.5 Å². The van der Waals surface area contributed by atoms with E-state index in [1.54, 1.807) is 0 Å². The molecule has 0 radical (unpaired) electrons. The number of rotatable bonds is 8. The molecular formula is C21H31NO5. The van der Waals surface area contributed by atoms with Crippen molar-refractivity contribution in [2.45, 2.75) is 52.1 Å². The predicted octanol–water partition coefficient (Wildman–Crippen LogP) is 3.94. The van der Waals surface area contributed by atoms with Crippen LogP contribution in [-0.4, -0.2) is 38.4 Å². The number of benzene rings is 1. The molecule has 27 heavy (non-hydrogen) atoms.